The summed E-state index contributed by atoms with van der Waals surface area (Å²) in [7, 11) is -1.05. The van der Waals surface area contributed by atoms with Crippen LogP contribution < -0.4 is 5.32 Å². The molecule has 0 aliphatic carbocycles. The third-order valence-electron chi connectivity index (χ3n) is 5.85. The van der Waals surface area contributed by atoms with Crippen LogP contribution in [0.4, 0.5) is 18.9 Å². The normalized spacial score (nSPS) is 20.0. The van der Waals surface area contributed by atoms with Gasteiger partial charge < -0.3 is 14.8 Å². The molecule has 0 unspecified atom stereocenters. The van der Waals surface area contributed by atoms with E-state index in [0.717, 1.165) is 24.2 Å². The van der Waals surface area contributed by atoms with E-state index < -0.39 is 22.6 Å². The van der Waals surface area contributed by atoms with Gasteiger partial charge in [-0.15, -0.1) is 0 Å². The number of benzene rings is 1. The summed E-state index contributed by atoms with van der Waals surface area (Å²) < 4.78 is 65.1. The molecule has 168 valence electrons. The number of hydrogen-bond acceptors (Lipinski definition) is 4. The van der Waals surface area contributed by atoms with E-state index >= 15 is 0 Å². The van der Waals surface area contributed by atoms with Crippen molar-refractivity contribution in [1.82, 2.24) is 9.47 Å². The quantitative estimate of drug-likeness (QED) is 0.745. The van der Waals surface area contributed by atoms with Gasteiger partial charge in [0.15, 0.2) is 0 Å². The highest BCUT2D eigenvalue weighted by molar-refractivity contribution is 7.91. The van der Waals surface area contributed by atoms with Crippen LogP contribution in [0.5, 0.6) is 0 Å². The summed E-state index contributed by atoms with van der Waals surface area (Å²) in [6.45, 7) is -0.269. The number of sulfone groups is 1. The molecule has 1 N–H and O–H groups in total. The van der Waals surface area contributed by atoms with Crippen molar-refractivity contribution in [2.24, 2.45) is 0 Å². The number of halogens is 3. The Morgan fingerprint density at radius 2 is 1.94 bits per heavy atom. The molecule has 5 nitrogen and oxygen atoms in total. The summed E-state index contributed by atoms with van der Waals surface area (Å²) in [5, 5.41) is 4.09. The van der Waals surface area contributed by atoms with Gasteiger partial charge in [0.05, 0.1) is 17.0 Å². The van der Waals surface area contributed by atoms with E-state index in [1.54, 1.807) is 12.1 Å². The van der Waals surface area contributed by atoms with Crippen molar-refractivity contribution >= 4 is 32.0 Å². The Morgan fingerprint density at radius 3 is 2.65 bits per heavy atom. The molecule has 0 spiro atoms. The Hall–Kier alpha value is -2.42. The molecule has 2 aliphatic heterocycles. The van der Waals surface area contributed by atoms with Gasteiger partial charge in [-0.3, -0.25) is 0 Å². The zero-order valence-corrected chi connectivity index (χ0v) is 18.1. The number of nitrogens with one attached hydrogen (secondary N) is 1. The number of aromatic nitrogens is 1. The highest BCUT2D eigenvalue weighted by Gasteiger charge is 2.31. The Bertz CT molecular complexity index is 1120. The maximum atomic E-state index is 13.4. The van der Waals surface area contributed by atoms with E-state index in [-0.39, 0.29) is 17.5 Å². The molecule has 1 aromatic carbocycles. The lowest BCUT2D eigenvalue weighted by Gasteiger charge is -2.24. The maximum Gasteiger partial charge on any atom is 0.406 e. The molecular weight excluding hydrogens is 427 g/mol. The number of hydrogen-bond donors (Lipinski definition) is 1. The van der Waals surface area contributed by atoms with Gasteiger partial charge in [-0.05, 0) is 55.3 Å². The first-order valence-corrected chi connectivity index (χ1v) is 12.2. The lowest BCUT2D eigenvalue weighted by molar-refractivity contribution is -0.140. The SMILES string of the molecule is CN1C=CC(c2cc3c(NC4CCS(=O)(=O)CC4)cccc3n2CC(F)(F)F)=CCC1. The highest BCUT2D eigenvalue weighted by atomic mass is 32.2. The summed E-state index contributed by atoms with van der Waals surface area (Å²) in [5.41, 5.74) is 2.53. The van der Waals surface area contributed by atoms with Gasteiger partial charge in [-0.1, -0.05) is 12.1 Å². The van der Waals surface area contributed by atoms with Crippen molar-refractivity contribution in [3.05, 3.63) is 48.3 Å². The predicted octanol–water partition coefficient (Wildman–Crippen LogP) is 4.43. The standard InChI is InChI=1S/C22H26F3N3O2S/c1-27-10-3-4-16(7-11-27)21-14-18-19(26-17-8-12-31(29,30)13-9-17)5-2-6-20(18)28(21)15-22(23,24)25/h2,4-7,11,14,17,26H,3,8-10,12-13,15H2,1H3. The fourth-order valence-electron chi connectivity index (χ4n) is 4.22. The van der Waals surface area contributed by atoms with Gasteiger partial charge in [0.1, 0.15) is 16.4 Å². The zero-order chi connectivity index (χ0) is 22.2. The third-order valence-corrected chi connectivity index (χ3v) is 7.56. The Kier molecular flexibility index (Phi) is 5.81. The first-order chi connectivity index (χ1) is 14.6. The molecule has 0 atom stereocenters. The van der Waals surface area contributed by atoms with Gasteiger partial charge >= 0.3 is 6.18 Å². The van der Waals surface area contributed by atoms with Crippen LogP contribution in [0.15, 0.2) is 42.6 Å². The van der Waals surface area contributed by atoms with Gasteiger partial charge in [0, 0.05) is 36.4 Å². The number of fused-ring (bicyclic) bond motifs is 1. The summed E-state index contributed by atoms with van der Waals surface area (Å²) >= 11 is 0. The van der Waals surface area contributed by atoms with E-state index in [4.69, 9.17) is 0 Å². The van der Waals surface area contributed by atoms with Gasteiger partial charge in [-0.25, -0.2) is 8.42 Å². The van der Waals surface area contributed by atoms with Crippen LogP contribution in [0.1, 0.15) is 25.0 Å². The van der Waals surface area contributed by atoms with Gasteiger partial charge in [0.2, 0.25) is 0 Å². The van der Waals surface area contributed by atoms with Crippen LogP contribution in [0.3, 0.4) is 0 Å². The third kappa shape index (κ3) is 5.08. The van der Waals surface area contributed by atoms with Crippen LogP contribution in [0.2, 0.25) is 0 Å². The molecule has 1 aromatic heterocycles. The first-order valence-electron chi connectivity index (χ1n) is 10.4. The second-order valence-electron chi connectivity index (χ2n) is 8.28. The summed E-state index contributed by atoms with van der Waals surface area (Å²) in [6.07, 6.45) is 3.09. The molecular formula is C22H26F3N3O2S. The van der Waals surface area contributed by atoms with Crippen molar-refractivity contribution in [1.29, 1.82) is 0 Å². The number of nitrogens with zero attached hydrogens (tertiary/aromatic N) is 2. The largest absolute Gasteiger partial charge is 0.406 e. The van der Waals surface area contributed by atoms with E-state index in [1.807, 2.05) is 42.4 Å². The minimum atomic E-state index is -4.35. The Morgan fingerprint density at radius 1 is 1.19 bits per heavy atom. The molecule has 9 heteroatoms. The Balaban J connectivity index is 1.75. The smallest absolute Gasteiger partial charge is 0.382 e. The van der Waals surface area contributed by atoms with Gasteiger partial charge in [0.25, 0.3) is 0 Å². The number of alkyl halides is 3. The number of allylic oxidation sites excluding steroid dienone is 2. The fourth-order valence-corrected chi connectivity index (χ4v) is 5.71. The molecule has 4 rings (SSSR count). The highest BCUT2D eigenvalue weighted by Crippen LogP contribution is 2.35. The predicted molar refractivity (Wildman–Crippen MR) is 118 cm³/mol. The monoisotopic (exact) mass is 453 g/mol. The van der Waals surface area contributed by atoms with Crippen LogP contribution in [-0.4, -0.2) is 55.2 Å². The molecule has 0 bridgehead atoms. The first kappa shape index (κ1) is 21.8. The summed E-state index contributed by atoms with van der Waals surface area (Å²) in [4.78, 5) is 2.00. The minimum Gasteiger partial charge on any atom is -0.382 e. The fraction of sp³-hybridized carbons (Fsp3) is 0.455. The number of anilines is 1. The van der Waals surface area contributed by atoms with Crippen molar-refractivity contribution in [2.75, 3.05) is 30.4 Å². The van der Waals surface area contributed by atoms with E-state index in [2.05, 4.69) is 5.32 Å². The summed E-state index contributed by atoms with van der Waals surface area (Å²) in [5.74, 6) is 0.262. The van der Waals surface area contributed by atoms with E-state index in [1.165, 1.54) is 4.57 Å². The molecule has 1 fully saturated rings. The van der Waals surface area contributed by atoms with Crippen molar-refractivity contribution in [3.63, 3.8) is 0 Å². The summed E-state index contributed by atoms with van der Waals surface area (Å²) in [6, 6.07) is 7.08. The topological polar surface area (TPSA) is 54.3 Å². The van der Waals surface area contributed by atoms with Gasteiger partial charge in [-0.2, -0.15) is 13.2 Å². The maximum absolute atomic E-state index is 13.4. The van der Waals surface area contributed by atoms with Crippen LogP contribution in [0.25, 0.3) is 16.5 Å². The molecule has 31 heavy (non-hydrogen) atoms. The van der Waals surface area contributed by atoms with Crippen LogP contribution >= 0.6 is 0 Å². The van der Waals surface area contributed by atoms with Crippen LogP contribution in [-0.2, 0) is 16.4 Å². The lowest BCUT2D eigenvalue weighted by Crippen LogP contribution is -2.32. The van der Waals surface area contributed by atoms with E-state index in [9.17, 15) is 21.6 Å². The van der Waals surface area contributed by atoms with Crippen molar-refractivity contribution in [2.45, 2.75) is 38.0 Å². The van der Waals surface area contributed by atoms with Crippen molar-refractivity contribution in [3.8, 4) is 0 Å². The molecule has 3 heterocycles. The zero-order valence-electron chi connectivity index (χ0n) is 17.3. The molecule has 0 saturated carbocycles. The molecule has 1 saturated heterocycles. The van der Waals surface area contributed by atoms with Crippen LogP contribution in [0, 0.1) is 0 Å². The molecule has 2 aromatic rings. The number of rotatable bonds is 4. The molecule has 0 radical (unpaired) electrons. The average Bonchev–Trinajstić information content (AvgIpc) is 2.89. The Labute approximate surface area is 180 Å². The minimum absolute atomic E-state index is 0.0193. The van der Waals surface area contributed by atoms with E-state index in [0.29, 0.717) is 29.4 Å². The molecule has 2 aliphatic rings. The second kappa shape index (κ2) is 8.26. The van der Waals surface area contributed by atoms with Crippen molar-refractivity contribution < 1.29 is 21.6 Å². The average molecular weight is 454 g/mol. The molecule has 0 amide bonds. The second-order valence-corrected chi connectivity index (χ2v) is 10.6. The lowest BCUT2D eigenvalue weighted by atomic mass is 10.1.